The summed E-state index contributed by atoms with van der Waals surface area (Å²) in [6, 6.07) is 1.40. The first kappa shape index (κ1) is 14.6. The zero-order valence-corrected chi connectivity index (χ0v) is 11.9. The first-order valence-corrected chi connectivity index (χ1v) is 7.96. The Morgan fingerprint density at radius 2 is 2.25 bits per heavy atom. The van der Waals surface area contributed by atoms with Crippen LogP contribution in [-0.4, -0.2) is 30.1 Å². The molecule has 2 rings (SSSR count). The van der Waals surface area contributed by atoms with E-state index in [0.717, 1.165) is 0 Å². The van der Waals surface area contributed by atoms with E-state index < -0.39 is 10.0 Å². The van der Waals surface area contributed by atoms with E-state index in [1.807, 2.05) is 0 Å². The first-order chi connectivity index (χ1) is 9.62. The van der Waals surface area contributed by atoms with Crippen molar-refractivity contribution in [1.82, 2.24) is 14.7 Å². The molecule has 0 saturated carbocycles. The maximum atomic E-state index is 12.1. The molecule has 0 atom stereocenters. The average Bonchev–Trinajstić information content (AvgIpc) is 2.97. The van der Waals surface area contributed by atoms with Crippen LogP contribution in [0.15, 0.2) is 34.2 Å². The fourth-order valence-electron chi connectivity index (χ4n) is 1.35. The summed E-state index contributed by atoms with van der Waals surface area (Å²) in [5.74, 6) is 5.05. The summed E-state index contributed by atoms with van der Waals surface area (Å²) in [5, 5.41) is 10.4. The molecule has 2 aromatic heterocycles. The van der Waals surface area contributed by atoms with Gasteiger partial charge in [0.05, 0.1) is 17.7 Å². The number of sulfonamides is 1. The number of nitrogens with zero attached hydrogens (tertiary/aromatic N) is 2. The second-order valence-corrected chi connectivity index (χ2v) is 6.16. The van der Waals surface area contributed by atoms with E-state index in [1.165, 1.54) is 29.8 Å². The summed E-state index contributed by atoms with van der Waals surface area (Å²) in [6.07, 6.45) is 2.68. The molecule has 0 saturated heterocycles. The summed E-state index contributed by atoms with van der Waals surface area (Å²) in [7, 11) is -3.66. The molecule has 0 amide bonds. The Bertz CT molecular complexity index is 731. The van der Waals surface area contributed by atoms with Gasteiger partial charge in [-0.05, 0) is 6.07 Å². The van der Waals surface area contributed by atoms with Crippen LogP contribution in [0.4, 0.5) is 0 Å². The zero-order chi connectivity index (χ0) is 14.4. The van der Waals surface area contributed by atoms with Gasteiger partial charge in [0, 0.05) is 23.3 Å². The van der Waals surface area contributed by atoms with Gasteiger partial charge in [-0.1, -0.05) is 11.8 Å². The molecule has 0 aliphatic carbocycles. The van der Waals surface area contributed by atoms with Crippen LogP contribution in [0.5, 0.6) is 0 Å². The number of pyridine rings is 1. The zero-order valence-electron chi connectivity index (χ0n) is 10.3. The minimum Gasteiger partial charge on any atom is -0.384 e. The SMILES string of the molecule is O=S(=O)(NCc1cscn1)c1cncc(C#CCO)c1. The van der Waals surface area contributed by atoms with E-state index in [9.17, 15) is 8.42 Å². The van der Waals surface area contributed by atoms with Crippen LogP contribution in [0.25, 0.3) is 0 Å². The van der Waals surface area contributed by atoms with Crippen molar-refractivity contribution in [3.63, 3.8) is 0 Å². The predicted octanol–water partition coefficient (Wildman–Crippen LogP) is 0.360. The van der Waals surface area contributed by atoms with Crippen molar-refractivity contribution in [3.05, 3.63) is 40.6 Å². The highest BCUT2D eigenvalue weighted by atomic mass is 32.2. The molecule has 0 bridgehead atoms. The number of hydrogen-bond donors (Lipinski definition) is 2. The third-order valence-electron chi connectivity index (χ3n) is 2.26. The molecule has 0 aromatic carbocycles. The number of aromatic nitrogens is 2. The molecule has 0 unspecified atom stereocenters. The third kappa shape index (κ3) is 3.85. The Hall–Kier alpha value is -1.79. The summed E-state index contributed by atoms with van der Waals surface area (Å²) < 4.78 is 26.6. The molecule has 2 N–H and O–H groups in total. The van der Waals surface area contributed by atoms with Gasteiger partial charge in [-0.25, -0.2) is 18.1 Å². The van der Waals surface area contributed by atoms with Crippen molar-refractivity contribution >= 4 is 21.4 Å². The van der Waals surface area contributed by atoms with Gasteiger partial charge in [-0.2, -0.15) is 0 Å². The van der Waals surface area contributed by atoms with Crippen molar-refractivity contribution in [2.75, 3.05) is 6.61 Å². The molecule has 8 heteroatoms. The maximum absolute atomic E-state index is 12.1. The number of aliphatic hydroxyl groups excluding tert-OH is 1. The molecule has 0 spiro atoms. The van der Waals surface area contributed by atoms with Gasteiger partial charge < -0.3 is 5.11 Å². The summed E-state index contributed by atoms with van der Waals surface area (Å²) >= 11 is 1.40. The van der Waals surface area contributed by atoms with E-state index in [4.69, 9.17) is 5.11 Å². The highest BCUT2D eigenvalue weighted by molar-refractivity contribution is 7.89. The Morgan fingerprint density at radius 1 is 1.40 bits per heavy atom. The lowest BCUT2D eigenvalue weighted by Gasteiger charge is -2.05. The number of thiazole rings is 1. The molecule has 2 aromatic rings. The highest BCUT2D eigenvalue weighted by Crippen LogP contribution is 2.10. The number of rotatable bonds is 4. The van der Waals surface area contributed by atoms with Crippen LogP contribution in [0.2, 0.25) is 0 Å². The van der Waals surface area contributed by atoms with Crippen molar-refractivity contribution < 1.29 is 13.5 Å². The van der Waals surface area contributed by atoms with E-state index in [2.05, 4.69) is 26.5 Å². The molecular formula is C12H11N3O3S2. The summed E-state index contributed by atoms with van der Waals surface area (Å²) in [5.41, 5.74) is 2.72. The van der Waals surface area contributed by atoms with Crippen LogP contribution in [0.3, 0.4) is 0 Å². The molecule has 6 nitrogen and oxygen atoms in total. The Kier molecular flexibility index (Phi) is 4.81. The second-order valence-electron chi connectivity index (χ2n) is 3.67. The van der Waals surface area contributed by atoms with Crippen LogP contribution in [0, 0.1) is 11.8 Å². The van der Waals surface area contributed by atoms with Gasteiger partial charge in [0.25, 0.3) is 0 Å². The monoisotopic (exact) mass is 309 g/mol. The smallest absolute Gasteiger partial charge is 0.242 e. The second kappa shape index (κ2) is 6.58. The maximum Gasteiger partial charge on any atom is 0.242 e. The number of hydrogen-bond acceptors (Lipinski definition) is 6. The average molecular weight is 309 g/mol. The first-order valence-electron chi connectivity index (χ1n) is 5.53. The van der Waals surface area contributed by atoms with Crippen molar-refractivity contribution in [1.29, 1.82) is 0 Å². The van der Waals surface area contributed by atoms with Crippen molar-refractivity contribution in [2.45, 2.75) is 11.4 Å². The highest BCUT2D eigenvalue weighted by Gasteiger charge is 2.14. The quantitative estimate of drug-likeness (QED) is 0.796. The Labute approximate surface area is 120 Å². The van der Waals surface area contributed by atoms with Gasteiger partial charge in [0.15, 0.2) is 0 Å². The lowest BCUT2D eigenvalue weighted by atomic mass is 10.3. The van der Waals surface area contributed by atoms with Gasteiger partial charge in [-0.3, -0.25) is 4.98 Å². The minimum atomic E-state index is -3.66. The van der Waals surface area contributed by atoms with E-state index in [0.29, 0.717) is 11.3 Å². The fraction of sp³-hybridized carbons (Fsp3) is 0.167. The molecule has 104 valence electrons. The summed E-state index contributed by atoms with van der Waals surface area (Å²) in [4.78, 5) is 7.85. The van der Waals surface area contributed by atoms with Crippen molar-refractivity contribution in [2.24, 2.45) is 0 Å². The lowest BCUT2D eigenvalue weighted by Crippen LogP contribution is -2.23. The largest absolute Gasteiger partial charge is 0.384 e. The molecule has 0 aliphatic heterocycles. The van der Waals surface area contributed by atoms with Crippen molar-refractivity contribution in [3.8, 4) is 11.8 Å². The molecule has 0 fully saturated rings. The van der Waals surface area contributed by atoms with Gasteiger partial charge in [0.2, 0.25) is 10.0 Å². The van der Waals surface area contributed by atoms with E-state index in [-0.39, 0.29) is 18.0 Å². The number of nitrogens with one attached hydrogen (secondary N) is 1. The number of aliphatic hydroxyl groups is 1. The van der Waals surface area contributed by atoms with E-state index >= 15 is 0 Å². The fourth-order valence-corrected chi connectivity index (χ4v) is 2.90. The molecule has 2 heterocycles. The Morgan fingerprint density at radius 3 is 2.95 bits per heavy atom. The molecule has 20 heavy (non-hydrogen) atoms. The predicted molar refractivity (Wildman–Crippen MR) is 74.3 cm³/mol. The van der Waals surface area contributed by atoms with Crippen LogP contribution >= 0.6 is 11.3 Å². The molecular weight excluding hydrogens is 298 g/mol. The standard InChI is InChI=1S/C12H11N3O3S2/c16-3-1-2-10-4-12(7-13-5-10)20(17,18)15-6-11-8-19-9-14-11/h4-5,7-9,15-16H,3,6H2. The molecule has 0 aliphatic rings. The normalized spacial score (nSPS) is 10.8. The van der Waals surface area contributed by atoms with Crippen LogP contribution < -0.4 is 4.72 Å². The van der Waals surface area contributed by atoms with E-state index in [1.54, 1.807) is 10.9 Å². The third-order valence-corrected chi connectivity index (χ3v) is 4.27. The minimum absolute atomic E-state index is 0.0254. The van der Waals surface area contributed by atoms with Crippen LogP contribution in [0.1, 0.15) is 11.3 Å². The van der Waals surface area contributed by atoms with Gasteiger partial charge in [0.1, 0.15) is 11.5 Å². The Balaban J connectivity index is 2.16. The topological polar surface area (TPSA) is 92.2 Å². The van der Waals surface area contributed by atoms with Crippen LogP contribution in [-0.2, 0) is 16.6 Å². The van der Waals surface area contributed by atoms with Gasteiger partial charge >= 0.3 is 0 Å². The summed E-state index contributed by atoms with van der Waals surface area (Å²) in [6.45, 7) is -0.169. The molecule has 0 radical (unpaired) electrons. The van der Waals surface area contributed by atoms with Gasteiger partial charge in [-0.15, -0.1) is 11.3 Å². The lowest BCUT2D eigenvalue weighted by molar-refractivity contribution is 0.350.